The minimum atomic E-state index is -1.16. The van der Waals surface area contributed by atoms with Crippen LogP contribution >= 0.6 is 0 Å². The minimum absolute atomic E-state index is 0.204. The summed E-state index contributed by atoms with van der Waals surface area (Å²) in [6.07, 6.45) is 1.80. The first-order valence-electron chi connectivity index (χ1n) is 4.02. The van der Waals surface area contributed by atoms with Crippen molar-refractivity contribution in [3.8, 4) is 0 Å². The van der Waals surface area contributed by atoms with Crippen molar-refractivity contribution >= 4 is 5.97 Å². The molecule has 0 radical (unpaired) electrons. The number of ether oxygens (including phenoxy) is 1. The fourth-order valence-corrected chi connectivity index (χ4v) is 1.14. The number of carbonyl (C=O) groups is 1. The molecule has 1 aliphatic heterocycles. The van der Waals surface area contributed by atoms with Crippen LogP contribution in [0.3, 0.4) is 0 Å². The lowest BCUT2D eigenvalue weighted by Gasteiger charge is -2.15. The third-order valence-corrected chi connectivity index (χ3v) is 1.66. The van der Waals surface area contributed by atoms with Crippen molar-refractivity contribution in [2.75, 3.05) is 13.2 Å². The molecule has 4 heteroatoms. The third-order valence-electron chi connectivity index (χ3n) is 1.66. The molecule has 12 heavy (non-hydrogen) atoms. The monoisotopic (exact) mass is 170 g/mol. The normalized spacial score (nSPS) is 24.4. The highest BCUT2D eigenvalue weighted by Crippen LogP contribution is 2.08. The first-order valence-corrected chi connectivity index (χ1v) is 4.02. The van der Waals surface area contributed by atoms with Gasteiger partial charge in [0.25, 0.3) is 0 Å². The predicted molar refractivity (Wildman–Crippen MR) is 41.1 cm³/mol. The van der Waals surface area contributed by atoms with Crippen LogP contribution in [-0.4, -0.2) is 25.3 Å². The third kappa shape index (κ3) is 2.06. The van der Waals surface area contributed by atoms with Gasteiger partial charge in [-0.2, -0.15) is 0 Å². The summed E-state index contributed by atoms with van der Waals surface area (Å²) in [7, 11) is 0. The molecule has 1 saturated heterocycles. The zero-order valence-corrected chi connectivity index (χ0v) is 7.00. The maximum Gasteiger partial charge on any atom is 0.135 e. The fourth-order valence-electron chi connectivity index (χ4n) is 1.14. The van der Waals surface area contributed by atoms with Crippen LogP contribution in [0.25, 0.3) is 0 Å². The lowest BCUT2D eigenvalue weighted by molar-refractivity contribution is -0.300. The Morgan fingerprint density at radius 3 is 3.00 bits per heavy atom. The van der Waals surface area contributed by atoms with Gasteiger partial charge in [0, 0.05) is 12.1 Å². The zero-order valence-electron chi connectivity index (χ0n) is 7.00. The van der Waals surface area contributed by atoms with Gasteiger partial charge in [0.2, 0.25) is 0 Å². The summed E-state index contributed by atoms with van der Waals surface area (Å²) in [5.41, 5.74) is 0.204. The van der Waals surface area contributed by atoms with E-state index in [0.29, 0.717) is 19.6 Å². The van der Waals surface area contributed by atoms with Crippen LogP contribution in [0.4, 0.5) is 0 Å². The van der Waals surface area contributed by atoms with Gasteiger partial charge < -0.3 is 14.6 Å². The Morgan fingerprint density at radius 2 is 2.58 bits per heavy atom. The molecule has 0 aliphatic carbocycles. The number of aliphatic carboxylic acids is 1. The number of carbonyl (C=O) groups excluding carboxylic acids is 1. The van der Waals surface area contributed by atoms with Gasteiger partial charge in [-0.25, -0.2) is 0 Å². The zero-order chi connectivity index (χ0) is 8.97. The Bertz CT molecular complexity index is 194. The van der Waals surface area contributed by atoms with E-state index in [0.717, 1.165) is 0 Å². The highest BCUT2D eigenvalue weighted by molar-refractivity contribution is 5.85. The average molecular weight is 170 g/mol. The van der Waals surface area contributed by atoms with Crippen molar-refractivity contribution in [3.63, 3.8) is 0 Å². The van der Waals surface area contributed by atoms with Gasteiger partial charge in [-0.05, 0) is 6.42 Å². The van der Waals surface area contributed by atoms with Gasteiger partial charge >= 0.3 is 0 Å². The van der Waals surface area contributed by atoms with E-state index in [2.05, 4.69) is 5.32 Å². The van der Waals surface area contributed by atoms with Crippen molar-refractivity contribution in [2.45, 2.75) is 19.6 Å². The maximum absolute atomic E-state index is 10.6. The van der Waals surface area contributed by atoms with Gasteiger partial charge in [0.05, 0.1) is 12.6 Å². The summed E-state index contributed by atoms with van der Waals surface area (Å²) < 4.78 is 5.13. The second-order valence-electron chi connectivity index (χ2n) is 2.56. The summed E-state index contributed by atoms with van der Waals surface area (Å²) in [5.74, 6) is -1.16. The van der Waals surface area contributed by atoms with Crippen LogP contribution in [0, 0.1) is 0 Å². The van der Waals surface area contributed by atoms with Crippen LogP contribution in [0.5, 0.6) is 0 Å². The molecule has 1 unspecified atom stereocenters. The molecule has 4 nitrogen and oxygen atoms in total. The Morgan fingerprint density at radius 1 is 1.83 bits per heavy atom. The van der Waals surface area contributed by atoms with Crippen LogP contribution in [0.1, 0.15) is 13.3 Å². The van der Waals surface area contributed by atoms with Gasteiger partial charge in [-0.15, -0.1) is 0 Å². The second kappa shape index (κ2) is 4.23. The molecule has 1 aliphatic rings. The first-order chi connectivity index (χ1) is 5.75. The molecule has 68 valence electrons. The number of rotatable bonds is 3. The van der Waals surface area contributed by atoms with Gasteiger partial charge in [0.15, 0.2) is 0 Å². The molecule has 1 heterocycles. The van der Waals surface area contributed by atoms with E-state index >= 15 is 0 Å². The van der Waals surface area contributed by atoms with Gasteiger partial charge in [0.1, 0.15) is 6.23 Å². The lowest BCUT2D eigenvalue weighted by atomic mass is 10.2. The summed E-state index contributed by atoms with van der Waals surface area (Å²) in [6, 6.07) is 0. The molecule has 0 amide bonds. The van der Waals surface area contributed by atoms with Crippen LogP contribution in [0.15, 0.2) is 11.6 Å². The van der Waals surface area contributed by atoms with Crippen molar-refractivity contribution in [2.24, 2.45) is 0 Å². The number of nitrogens with one attached hydrogen (secondary N) is 1. The molecule has 0 aromatic rings. The highest BCUT2D eigenvalue weighted by atomic mass is 16.5. The molecule has 0 aromatic carbocycles. The van der Waals surface area contributed by atoms with Crippen molar-refractivity contribution in [1.82, 2.24) is 5.32 Å². The Balaban J connectivity index is 2.64. The molecule has 0 bridgehead atoms. The summed E-state index contributed by atoms with van der Waals surface area (Å²) in [4.78, 5) is 10.6. The Hall–Kier alpha value is -0.870. The summed E-state index contributed by atoms with van der Waals surface area (Å²) >= 11 is 0. The molecular weight excluding hydrogens is 158 g/mol. The smallest absolute Gasteiger partial charge is 0.135 e. The summed E-state index contributed by atoms with van der Waals surface area (Å²) in [6.45, 7) is 3.12. The lowest BCUT2D eigenvalue weighted by Crippen LogP contribution is -2.36. The number of carboxylic acid groups (broad SMARTS) is 1. The topological polar surface area (TPSA) is 61.4 Å². The quantitative estimate of drug-likeness (QED) is 0.553. The van der Waals surface area contributed by atoms with E-state index in [1.807, 2.05) is 6.92 Å². The average Bonchev–Trinajstić information content (AvgIpc) is 2.51. The molecule has 1 N–H and O–H groups in total. The largest absolute Gasteiger partial charge is 0.545 e. The molecule has 0 saturated carbocycles. The molecule has 1 atom stereocenters. The molecule has 0 spiro atoms. The van der Waals surface area contributed by atoms with Crippen LogP contribution in [0.2, 0.25) is 0 Å². The van der Waals surface area contributed by atoms with Crippen molar-refractivity contribution < 1.29 is 14.6 Å². The van der Waals surface area contributed by atoms with E-state index < -0.39 is 12.2 Å². The van der Waals surface area contributed by atoms with Crippen LogP contribution < -0.4 is 10.4 Å². The number of allylic oxidation sites excluding steroid dienone is 1. The standard InChI is InChI=1S/C8H13NO3/c1-2-3-6(8(10)11)7-9-4-5-12-7/h3,7,9H,2,4-5H2,1H3,(H,10,11)/p-1/b6-3-. The maximum atomic E-state index is 10.6. The van der Waals surface area contributed by atoms with Gasteiger partial charge in [-0.1, -0.05) is 13.0 Å². The molecule has 1 fully saturated rings. The minimum Gasteiger partial charge on any atom is -0.545 e. The van der Waals surface area contributed by atoms with Crippen molar-refractivity contribution in [1.29, 1.82) is 0 Å². The van der Waals surface area contributed by atoms with E-state index in [9.17, 15) is 9.90 Å². The SMILES string of the molecule is CC/C=C(\C(=O)[O-])C1NCCO1. The van der Waals surface area contributed by atoms with Crippen molar-refractivity contribution in [3.05, 3.63) is 11.6 Å². The van der Waals surface area contributed by atoms with Crippen LogP contribution in [-0.2, 0) is 9.53 Å². The predicted octanol–water partition coefficient (Wildman–Crippen LogP) is -0.981. The Kier molecular flexibility index (Phi) is 3.25. The second-order valence-corrected chi connectivity index (χ2v) is 2.56. The number of carboxylic acids is 1. The number of hydrogen-bond donors (Lipinski definition) is 1. The molecule has 1 rings (SSSR count). The first kappa shape index (κ1) is 9.22. The van der Waals surface area contributed by atoms with E-state index in [1.54, 1.807) is 6.08 Å². The highest BCUT2D eigenvalue weighted by Gasteiger charge is 2.19. The molecular formula is C8H12NO3-. The Labute approximate surface area is 71.2 Å². The molecule has 0 aromatic heterocycles. The van der Waals surface area contributed by atoms with Gasteiger partial charge in [-0.3, -0.25) is 5.32 Å². The van der Waals surface area contributed by atoms with E-state index in [-0.39, 0.29) is 5.57 Å². The van der Waals surface area contributed by atoms with E-state index in [1.165, 1.54) is 0 Å². The summed E-state index contributed by atoms with van der Waals surface area (Å²) in [5, 5.41) is 13.5. The van der Waals surface area contributed by atoms with E-state index in [4.69, 9.17) is 4.74 Å². The number of hydrogen-bond acceptors (Lipinski definition) is 4. The fraction of sp³-hybridized carbons (Fsp3) is 0.625.